The lowest BCUT2D eigenvalue weighted by Crippen LogP contribution is -2.19. The van der Waals surface area contributed by atoms with Gasteiger partial charge in [0.05, 0.1) is 6.20 Å². The average Bonchev–Trinajstić information content (AvgIpc) is 2.57. The summed E-state index contributed by atoms with van der Waals surface area (Å²) in [6.07, 6.45) is 1.53. The molecule has 8 heteroatoms. The number of nitrogens with zero attached hydrogens (tertiary/aromatic N) is 1. The Morgan fingerprint density at radius 2 is 1.50 bits per heavy atom. The minimum absolute atomic E-state index is 0.417. The fraction of sp³-hybridized carbons (Fsp3) is 0. The average molecular weight is 389 g/mol. The first-order valence-corrected chi connectivity index (χ1v) is 8.27. The van der Waals surface area contributed by atoms with Gasteiger partial charge in [-0.1, -0.05) is 23.2 Å². The molecule has 2 aromatic carbocycles. The summed E-state index contributed by atoms with van der Waals surface area (Å²) in [5.41, 5.74) is 6.62. The molecule has 0 saturated carbocycles. The number of anilines is 3. The van der Waals surface area contributed by atoms with Crippen molar-refractivity contribution in [1.29, 1.82) is 0 Å². The van der Waals surface area contributed by atoms with Crippen LogP contribution in [0.1, 0.15) is 0 Å². The number of rotatable bonds is 4. The van der Waals surface area contributed by atoms with Gasteiger partial charge in [0, 0.05) is 21.4 Å². The third-order valence-corrected chi connectivity index (χ3v) is 3.66. The molecule has 0 aliphatic carbocycles. The zero-order valence-electron chi connectivity index (χ0n) is 13.4. The third kappa shape index (κ3) is 5.02. The zero-order valence-corrected chi connectivity index (χ0v) is 14.9. The number of amides is 2. The molecule has 0 spiro atoms. The lowest BCUT2D eigenvalue weighted by Gasteiger charge is -2.10. The van der Waals surface area contributed by atoms with Crippen LogP contribution in [-0.4, -0.2) is 11.0 Å². The molecule has 26 heavy (non-hydrogen) atoms. The molecule has 4 N–H and O–H groups in total. The van der Waals surface area contributed by atoms with E-state index in [1.807, 2.05) is 0 Å². The molecular weight excluding hydrogens is 375 g/mol. The highest BCUT2D eigenvalue weighted by Gasteiger charge is 2.05. The number of hydrogen-bond acceptors (Lipinski definition) is 4. The maximum Gasteiger partial charge on any atom is 0.323 e. The van der Waals surface area contributed by atoms with Gasteiger partial charge < -0.3 is 21.1 Å². The summed E-state index contributed by atoms with van der Waals surface area (Å²) < 4.78 is 5.64. The van der Waals surface area contributed by atoms with Gasteiger partial charge in [-0.05, 0) is 54.6 Å². The predicted octanol–water partition coefficient (Wildman–Crippen LogP) is 5.41. The second-order valence-corrected chi connectivity index (χ2v) is 6.16. The lowest BCUT2D eigenvalue weighted by atomic mass is 10.3. The van der Waals surface area contributed by atoms with E-state index in [4.69, 9.17) is 33.7 Å². The van der Waals surface area contributed by atoms with Gasteiger partial charge >= 0.3 is 6.03 Å². The first kappa shape index (κ1) is 17.8. The van der Waals surface area contributed by atoms with Crippen LogP contribution in [0, 0.1) is 0 Å². The topological polar surface area (TPSA) is 89.3 Å². The zero-order chi connectivity index (χ0) is 18.5. The molecule has 0 saturated heterocycles. The first-order chi connectivity index (χ1) is 12.5. The molecule has 3 rings (SSSR count). The Morgan fingerprint density at radius 1 is 0.885 bits per heavy atom. The van der Waals surface area contributed by atoms with E-state index in [0.29, 0.717) is 38.7 Å². The summed E-state index contributed by atoms with van der Waals surface area (Å²) in [6, 6.07) is 14.6. The number of carbonyl (C=O) groups is 1. The van der Waals surface area contributed by atoms with Crippen LogP contribution in [0.2, 0.25) is 10.0 Å². The molecule has 1 heterocycles. The van der Waals surface area contributed by atoms with Gasteiger partial charge in [0.15, 0.2) is 0 Å². The van der Waals surface area contributed by atoms with Crippen LogP contribution >= 0.6 is 23.2 Å². The third-order valence-electron chi connectivity index (χ3n) is 3.23. The van der Waals surface area contributed by atoms with Crippen molar-refractivity contribution in [1.82, 2.24) is 4.98 Å². The number of benzene rings is 2. The van der Waals surface area contributed by atoms with Crippen LogP contribution in [0.3, 0.4) is 0 Å². The fourth-order valence-electron chi connectivity index (χ4n) is 2.11. The summed E-state index contributed by atoms with van der Waals surface area (Å²) in [5.74, 6) is 1.59. The van der Waals surface area contributed by atoms with E-state index in [1.54, 1.807) is 54.6 Å². The van der Waals surface area contributed by atoms with Crippen LogP contribution < -0.4 is 21.1 Å². The summed E-state index contributed by atoms with van der Waals surface area (Å²) in [7, 11) is 0. The number of urea groups is 1. The standard InChI is InChI=1S/C18H14Cl2N4O2/c19-11-7-12(20)9-14(8-11)24-18(25)23-13-1-3-15(4-2-13)26-16-5-6-17(21)22-10-16/h1-10H,(H2,21,22)(H2,23,24,25). The number of aromatic nitrogens is 1. The van der Waals surface area contributed by atoms with E-state index in [9.17, 15) is 4.79 Å². The van der Waals surface area contributed by atoms with E-state index >= 15 is 0 Å². The Bertz CT molecular complexity index is 895. The van der Waals surface area contributed by atoms with Crippen LogP contribution in [0.25, 0.3) is 0 Å². The second-order valence-electron chi connectivity index (χ2n) is 5.28. The molecule has 0 atom stereocenters. The van der Waals surface area contributed by atoms with Crippen molar-refractivity contribution in [2.24, 2.45) is 0 Å². The van der Waals surface area contributed by atoms with Gasteiger partial charge in [0.2, 0.25) is 0 Å². The molecule has 0 radical (unpaired) electrons. The van der Waals surface area contributed by atoms with Gasteiger partial charge in [-0.15, -0.1) is 0 Å². The van der Waals surface area contributed by atoms with Gasteiger partial charge in [-0.2, -0.15) is 0 Å². The predicted molar refractivity (Wildman–Crippen MR) is 104 cm³/mol. The lowest BCUT2D eigenvalue weighted by molar-refractivity contribution is 0.262. The van der Waals surface area contributed by atoms with Crippen molar-refractivity contribution >= 4 is 46.4 Å². The smallest absolute Gasteiger partial charge is 0.323 e. The van der Waals surface area contributed by atoms with Crippen molar-refractivity contribution in [3.63, 3.8) is 0 Å². The van der Waals surface area contributed by atoms with E-state index in [1.165, 1.54) is 6.20 Å². The van der Waals surface area contributed by atoms with Gasteiger partial charge in [0.1, 0.15) is 17.3 Å². The summed E-state index contributed by atoms with van der Waals surface area (Å²) >= 11 is 11.8. The normalized spacial score (nSPS) is 10.2. The minimum atomic E-state index is -0.417. The van der Waals surface area contributed by atoms with Crippen molar-refractivity contribution in [2.75, 3.05) is 16.4 Å². The maximum absolute atomic E-state index is 12.1. The molecule has 0 fully saturated rings. The molecular formula is C18H14Cl2N4O2. The number of nitrogens with two attached hydrogens (primary N) is 1. The highest BCUT2D eigenvalue weighted by atomic mass is 35.5. The van der Waals surface area contributed by atoms with E-state index in [-0.39, 0.29) is 0 Å². The van der Waals surface area contributed by atoms with Gasteiger partial charge in [0.25, 0.3) is 0 Å². The molecule has 132 valence electrons. The summed E-state index contributed by atoms with van der Waals surface area (Å²) in [6.45, 7) is 0. The van der Waals surface area contributed by atoms with Crippen LogP contribution in [0.15, 0.2) is 60.8 Å². The number of nitrogen functional groups attached to an aromatic ring is 1. The maximum atomic E-state index is 12.1. The van der Waals surface area contributed by atoms with E-state index in [2.05, 4.69) is 15.6 Å². The summed E-state index contributed by atoms with van der Waals surface area (Å²) in [5, 5.41) is 6.24. The molecule has 0 bridgehead atoms. The van der Waals surface area contributed by atoms with Crippen LogP contribution in [0.5, 0.6) is 11.5 Å². The monoisotopic (exact) mass is 388 g/mol. The van der Waals surface area contributed by atoms with Crippen molar-refractivity contribution in [3.05, 3.63) is 70.8 Å². The Balaban J connectivity index is 1.59. The molecule has 3 aromatic rings. The Morgan fingerprint density at radius 3 is 2.12 bits per heavy atom. The molecule has 0 aliphatic rings. The largest absolute Gasteiger partial charge is 0.456 e. The Hall–Kier alpha value is -2.96. The highest BCUT2D eigenvalue weighted by Crippen LogP contribution is 2.24. The van der Waals surface area contributed by atoms with Crippen LogP contribution in [0.4, 0.5) is 22.0 Å². The van der Waals surface area contributed by atoms with Gasteiger partial charge in [-0.25, -0.2) is 9.78 Å². The Kier molecular flexibility index (Phi) is 5.46. The number of nitrogens with one attached hydrogen (secondary N) is 2. The molecule has 0 aliphatic heterocycles. The van der Waals surface area contributed by atoms with E-state index in [0.717, 1.165) is 0 Å². The summed E-state index contributed by atoms with van der Waals surface area (Å²) in [4.78, 5) is 16.0. The second kappa shape index (κ2) is 7.95. The minimum Gasteiger partial charge on any atom is -0.456 e. The van der Waals surface area contributed by atoms with E-state index < -0.39 is 6.03 Å². The molecule has 6 nitrogen and oxygen atoms in total. The number of hydrogen-bond donors (Lipinski definition) is 3. The number of ether oxygens (including phenoxy) is 1. The molecule has 2 amide bonds. The number of carbonyl (C=O) groups excluding carboxylic acids is 1. The molecule has 0 unspecified atom stereocenters. The van der Waals surface area contributed by atoms with Crippen molar-refractivity contribution in [3.8, 4) is 11.5 Å². The quantitative estimate of drug-likeness (QED) is 0.557. The van der Waals surface area contributed by atoms with Gasteiger partial charge in [-0.3, -0.25) is 0 Å². The number of halogens is 2. The Labute approximate surface area is 159 Å². The molecule has 1 aromatic heterocycles. The first-order valence-electron chi connectivity index (χ1n) is 7.51. The fourth-order valence-corrected chi connectivity index (χ4v) is 2.64. The highest BCUT2D eigenvalue weighted by molar-refractivity contribution is 6.35. The van der Waals surface area contributed by atoms with Crippen molar-refractivity contribution < 1.29 is 9.53 Å². The SMILES string of the molecule is Nc1ccc(Oc2ccc(NC(=O)Nc3cc(Cl)cc(Cl)c3)cc2)cn1. The van der Waals surface area contributed by atoms with Crippen LogP contribution in [-0.2, 0) is 0 Å². The van der Waals surface area contributed by atoms with Crippen molar-refractivity contribution in [2.45, 2.75) is 0 Å². The number of pyridine rings is 1.